The number of hydrogen-bond donors (Lipinski definition) is 1. The summed E-state index contributed by atoms with van der Waals surface area (Å²) in [5, 5.41) is 9.32. The molecule has 0 heterocycles. The second-order valence-electron chi connectivity index (χ2n) is 3.06. The SMILES string of the molecule is C=C(C)C(O)CCCC(=O)OCC. The zero-order valence-corrected chi connectivity index (χ0v) is 8.38. The molecule has 0 saturated carbocycles. The van der Waals surface area contributed by atoms with Gasteiger partial charge >= 0.3 is 5.97 Å². The normalized spacial score (nSPS) is 12.2. The van der Waals surface area contributed by atoms with E-state index < -0.39 is 6.10 Å². The first-order valence-corrected chi connectivity index (χ1v) is 4.57. The maximum Gasteiger partial charge on any atom is 0.305 e. The molecular weight excluding hydrogens is 168 g/mol. The Labute approximate surface area is 79.4 Å². The van der Waals surface area contributed by atoms with Crippen molar-refractivity contribution in [3.63, 3.8) is 0 Å². The third-order valence-corrected chi connectivity index (χ3v) is 1.73. The third-order valence-electron chi connectivity index (χ3n) is 1.73. The predicted octanol–water partition coefficient (Wildman–Crippen LogP) is 1.66. The first-order valence-electron chi connectivity index (χ1n) is 4.57. The van der Waals surface area contributed by atoms with E-state index in [0.717, 1.165) is 5.57 Å². The highest BCUT2D eigenvalue weighted by atomic mass is 16.5. The van der Waals surface area contributed by atoms with Gasteiger partial charge in [0.2, 0.25) is 0 Å². The van der Waals surface area contributed by atoms with Gasteiger partial charge in [0.15, 0.2) is 0 Å². The van der Waals surface area contributed by atoms with Crippen molar-refractivity contribution in [2.75, 3.05) is 6.61 Å². The summed E-state index contributed by atoms with van der Waals surface area (Å²) in [5.41, 5.74) is 0.740. The van der Waals surface area contributed by atoms with Gasteiger partial charge in [-0.15, -0.1) is 0 Å². The molecule has 1 N–H and O–H groups in total. The van der Waals surface area contributed by atoms with Crippen LogP contribution < -0.4 is 0 Å². The molecule has 0 radical (unpaired) electrons. The molecule has 0 amide bonds. The van der Waals surface area contributed by atoms with Crippen molar-refractivity contribution in [2.24, 2.45) is 0 Å². The Hall–Kier alpha value is -0.830. The van der Waals surface area contributed by atoms with Gasteiger partial charge < -0.3 is 9.84 Å². The van der Waals surface area contributed by atoms with Crippen molar-refractivity contribution in [3.8, 4) is 0 Å². The lowest BCUT2D eigenvalue weighted by Crippen LogP contribution is -2.09. The minimum absolute atomic E-state index is 0.198. The first-order chi connectivity index (χ1) is 6.07. The number of aliphatic hydroxyl groups is 1. The van der Waals surface area contributed by atoms with Gasteiger partial charge in [-0.25, -0.2) is 0 Å². The number of rotatable bonds is 6. The highest BCUT2D eigenvalue weighted by molar-refractivity contribution is 5.69. The fraction of sp³-hybridized carbons (Fsp3) is 0.700. The predicted molar refractivity (Wildman–Crippen MR) is 51.3 cm³/mol. The molecule has 0 bridgehead atoms. The summed E-state index contributed by atoms with van der Waals surface area (Å²) in [5.74, 6) is -0.198. The molecule has 0 spiro atoms. The van der Waals surface area contributed by atoms with Gasteiger partial charge in [-0.2, -0.15) is 0 Å². The zero-order chi connectivity index (χ0) is 10.3. The number of carbonyl (C=O) groups is 1. The fourth-order valence-electron chi connectivity index (χ4n) is 0.919. The van der Waals surface area contributed by atoms with Crippen LogP contribution in [0.3, 0.4) is 0 Å². The van der Waals surface area contributed by atoms with Gasteiger partial charge in [0.25, 0.3) is 0 Å². The van der Waals surface area contributed by atoms with E-state index >= 15 is 0 Å². The molecule has 3 nitrogen and oxygen atoms in total. The number of carbonyl (C=O) groups excluding carboxylic acids is 1. The van der Waals surface area contributed by atoms with E-state index in [2.05, 4.69) is 6.58 Å². The summed E-state index contributed by atoms with van der Waals surface area (Å²) in [6, 6.07) is 0. The Morgan fingerprint density at radius 3 is 2.69 bits per heavy atom. The van der Waals surface area contributed by atoms with Gasteiger partial charge in [-0.05, 0) is 26.7 Å². The van der Waals surface area contributed by atoms with Crippen molar-refractivity contribution >= 4 is 5.97 Å². The van der Waals surface area contributed by atoms with Gasteiger partial charge in [0.1, 0.15) is 0 Å². The van der Waals surface area contributed by atoms with Crippen LogP contribution in [0.5, 0.6) is 0 Å². The summed E-state index contributed by atoms with van der Waals surface area (Å²) in [4.78, 5) is 10.9. The topological polar surface area (TPSA) is 46.5 Å². The number of esters is 1. The van der Waals surface area contributed by atoms with Gasteiger partial charge in [-0.3, -0.25) is 4.79 Å². The summed E-state index contributed by atoms with van der Waals surface area (Å²) in [6.07, 6.45) is 1.11. The van der Waals surface area contributed by atoms with Gasteiger partial charge in [0.05, 0.1) is 12.7 Å². The first kappa shape index (κ1) is 12.2. The lowest BCUT2D eigenvalue weighted by Gasteiger charge is -2.08. The average molecular weight is 186 g/mol. The highest BCUT2D eigenvalue weighted by Crippen LogP contribution is 2.07. The van der Waals surface area contributed by atoms with Crippen molar-refractivity contribution in [1.29, 1.82) is 0 Å². The molecule has 0 aliphatic carbocycles. The summed E-state index contributed by atoms with van der Waals surface area (Å²) >= 11 is 0. The third kappa shape index (κ3) is 6.34. The molecule has 3 heteroatoms. The van der Waals surface area contributed by atoms with Gasteiger partial charge in [0, 0.05) is 6.42 Å². The number of ether oxygens (including phenoxy) is 1. The van der Waals surface area contributed by atoms with E-state index in [1.165, 1.54) is 0 Å². The molecule has 1 unspecified atom stereocenters. The van der Waals surface area contributed by atoms with Crippen molar-refractivity contribution < 1.29 is 14.6 Å². The fourth-order valence-corrected chi connectivity index (χ4v) is 0.919. The maximum absolute atomic E-state index is 10.9. The molecule has 0 aromatic rings. The minimum Gasteiger partial charge on any atom is -0.466 e. The Kier molecular flexibility index (Phi) is 6.24. The van der Waals surface area contributed by atoms with Crippen LogP contribution in [0.2, 0.25) is 0 Å². The van der Waals surface area contributed by atoms with E-state index in [9.17, 15) is 9.90 Å². The average Bonchev–Trinajstić information content (AvgIpc) is 2.04. The quantitative estimate of drug-likeness (QED) is 0.507. The standard InChI is InChI=1S/C10H18O3/c1-4-13-10(12)7-5-6-9(11)8(2)3/h9,11H,2,4-7H2,1,3H3. The van der Waals surface area contributed by atoms with E-state index in [1.54, 1.807) is 13.8 Å². The smallest absolute Gasteiger partial charge is 0.305 e. The molecule has 0 saturated heterocycles. The summed E-state index contributed by atoms with van der Waals surface area (Å²) < 4.78 is 4.74. The molecular formula is C10H18O3. The van der Waals surface area contributed by atoms with Crippen LogP contribution in [0.4, 0.5) is 0 Å². The Balaban J connectivity index is 3.44. The lowest BCUT2D eigenvalue weighted by molar-refractivity contribution is -0.143. The zero-order valence-electron chi connectivity index (χ0n) is 8.38. The van der Waals surface area contributed by atoms with Crippen LogP contribution >= 0.6 is 0 Å². The molecule has 0 aromatic carbocycles. The molecule has 0 rings (SSSR count). The van der Waals surface area contributed by atoms with Crippen LogP contribution in [0, 0.1) is 0 Å². The molecule has 76 valence electrons. The largest absolute Gasteiger partial charge is 0.466 e. The second kappa shape index (κ2) is 6.66. The monoisotopic (exact) mass is 186 g/mol. The summed E-state index contributed by atoms with van der Waals surface area (Å²) in [6.45, 7) is 7.59. The van der Waals surface area contributed by atoms with E-state index in [1.807, 2.05) is 0 Å². The highest BCUT2D eigenvalue weighted by Gasteiger charge is 2.06. The van der Waals surface area contributed by atoms with Crippen LogP contribution in [0.1, 0.15) is 33.1 Å². The molecule has 1 atom stereocenters. The van der Waals surface area contributed by atoms with Crippen molar-refractivity contribution in [3.05, 3.63) is 12.2 Å². The van der Waals surface area contributed by atoms with Crippen molar-refractivity contribution in [2.45, 2.75) is 39.2 Å². The van der Waals surface area contributed by atoms with E-state index in [4.69, 9.17) is 4.74 Å². The van der Waals surface area contributed by atoms with Crippen molar-refractivity contribution in [1.82, 2.24) is 0 Å². The van der Waals surface area contributed by atoms with Crippen LogP contribution in [0.25, 0.3) is 0 Å². The van der Waals surface area contributed by atoms with E-state index in [-0.39, 0.29) is 5.97 Å². The summed E-state index contributed by atoms with van der Waals surface area (Å²) in [7, 11) is 0. The Morgan fingerprint density at radius 1 is 1.62 bits per heavy atom. The second-order valence-corrected chi connectivity index (χ2v) is 3.06. The molecule has 0 aliphatic heterocycles. The minimum atomic E-state index is -0.491. The maximum atomic E-state index is 10.9. The van der Waals surface area contributed by atoms with Crippen LogP contribution in [0.15, 0.2) is 12.2 Å². The molecule has 13 heavy (non-hydrogen) atoms. The Morgan fingerprint density at radius 2 is 2.23 bits per heavy atom. The molecule has 0 fully saturated rings. The van der Waals surface area contributed by atoms with Crippen LogP contribution in [-0.2, 0) is 9.53 Å². The van der Waals surface area contributed by atoms with Crippen LogP contribution in [-0.4, -0.2) is 23.8 Å². The van der Waals surface area contributed by atoms with E-state index in [0.29, 0.717) is 25.9 Å². The molecule has 0 aromatic heterocycles. The Bertz CT molecular complexity index is 175. The lowest BCUT2D eigenvalue weighted by atomic mass is 10.1. The number of aliphatic hydroxyl groups excluding tert-OH is 1. The van der Waals surface area contributed by atoms with Gasteiger partial charge in [-0.1, -0.05) is 12.2 Å². The molecule has 0 aliphatic rings. The number of hydrogen-bond acceptors (Lipinski definition) is 3.